The van der Waals surface area contributed by atoms with Crippen LogP contribution in [0.4, 0.5) is 27.6 Å². The van der Waals surface area contributed by atoms with Crippen molar-refractivity contribution in [3.8, 4) is 11.1 Å². The summed E-state index contributed by atoms with van der Waals surface area (Å²) in [4.78, 5) is 18.8. The first kappa shape index (κ1) is 29.2. The number of hydrogen-bond acceptors (Lipinski definition) is 6. The lowest BCUT2D eigenvalue weighted by atomic mass is 9.99. The quantitative estimate of drug-likeness (QED) is 0.147. The number of alkyl halides is 3. The second-order valence-electron chi connectivity index (χ2n) is 12.3. The van der Waals surface area contributed by atoms with Gasteiger partial charge in [0.25, 0.3) is 0 Å². The van der Waals surface area contributed by atoms with Gasteiger partial charge in [-0.1, -0.05) is 66.7 Å². The summed E-state index contributed by atoms with van der Waals surface area (Å²) in [6.45, 7) is -5.80. The molecule has 1 saturated heterocycles. The fraction of sp³-hybridized carbons (Fsp3) is 0.325. The van der Waals surface area contributed by atoms with Crippen LogP contribution < -0.4 is 4.90 Å². The molecule has 0 aliphatic carbocycles. The van der Waals surface area contributed by atoms with E-state index in [9.17, 15) is 34.6 Å². The van der Waals surface area contributed by atoms with E-state index in [0.717, 1.165) is 34.9 Å². The van der Waals surface area contributed by atoms with Crippen molar-refractivity contribution in [3.63, 3.8) is 0 Å². The molecule has 0 saturated carbocycles. The number of aliphatic hydroxyl groups excluding tert-OH is 1. The Bertz CT molecular complexity index is 2150. The van der Waals surface area contributed by atoms with E-state index in [1.165, 1.54) is 46.2 Å². The number of thioether (sulfide) groups is 1. The number of anilines is 1. The smallest absolute Gasteiger partial charge is 0.384 e. The largest absolute Gasteiger partial charge is 0.416 e. The molecule has 12 heteroatoms. The third-order valence-electron chi connectivity index (χ3n) is 9.01. The SMILES string of the molecule is [2H]C([2H])([2H])OCC([2H])([2H])N1CCC(N(Cc2ccc(-c3ccc(C(F)(F)F)cc3)cc2)C(=O)C([2H])([2H])N2C(SCc3cccc(F)c3F)=CC(O)c3ccccc32)CC1. The first-order chi connectivity index (χ1) is 27.7. The zero-order valence-electron chi connectivity index (χ0n) is 34.7. The molecule has 4 aromatic rings. The Morgan fingerprint density at radius 3 is 2.37 bits per heavy atom. The Labute approximate surface area is 314 Å². The van der Waals surface area contributed by atoms with Crippen LogP contribution in [0.3, 0.4) is 0 Å². The van der Waals surface area contributed by atoms with Gasteiger partial charge in [-0.2, -0.15) is 13.2 Å². The predicted octanol–water partition coefficient (Wildman–Crippen LogP) is 8.42. The molecule has 2 aliphatic rings. The lowest BCUT2D eigenvalue weighted by Crippen LogP contribution is -2.50. The van der Waals surface area contributed by atoms with E-state index in [2.05, 4.69) is 0 Å². The van der Waals surface area contributed by atoms with Crippen LogP contribution >= 0.6 is 11.8 Å². The van der Waals surface area contributed by atoms with Crippen molar-refractivity contribution in [2.75, 3.05) is 44.6 Å². The van der Waals surface area contributed by atoms with Crippen molar-refractivity contribution < 1.29 is 46.2 Å². The first-order valence-corrected chi connectivity index (χ1v) is 17.5. The van der Waals surface area contributed by atoms with E-state index in [4.69, 9.17) is 11.6 Å². The molecule has 0 bridgehead atoms. The van der Waals surface area contributed by atoms with Gasteiger partial charge in [0, 0.05) is 64.5 Å². The van der Waals surface area contributed by atoms with Gasteiger partial charge in [0.05, 0.1) is 24.1 Å². The van der Waals surface area contributed by atoms with Crippen LogP contribution in [0.15, 0.2) is 102 Å². The van der Waals surface area contributed by atoms with Gasteiger partial charge in [0.2, 0.25) is 5.91 Å². The number of methoxy groups -OCH3 is 1. The Balaban J connectivity index is 1.31. The lowest BCUT2D eigenvalue weighted by Gasteiger charge is -2.40. The molecule has 0 aromatic heterocycles. The topological polar surface area (TPSA) is 56.2 Å². The van der Waals surface area contributed by atoms with Crippen LogP contribution in [0.2, 0.25) is 0 Å². The van der Waals surface area contributed by atoms with Crippen LogP contribution in [0.25, 0.3) is 11.1 Å². The molecule has 274 valence electrons. The highest BCUT2D eigenvalue weighted by Gasteiger charge is 2.33. The van der Waals surface area contributed by atoms with E-state index in [0.29, 0.717) is 22.3 Å². The van der Waals surface area contributed by atoms with E-state index in [-0.39, 0.29) is 54.5 Å². The van der Waals surface area contributed by atoms with Crippen molar-refractivity contribution in [1.29, 1.82) is 0 Å². The van der Waals surface area contributed by atoms with Crippen molar-refractivity contribution in [2.24, 2.45) is 0 Å². The number of amides is 1. The predicted molar refractivity (Wildman–Crippen MR) is 193 cm³/mol. The number of nitrogens with zero attached hydrogens (tertiary/aromatic N) is 3. The van der Waals surface area contributed by atoms with Gasteiger partial charge in [0.1, 0.15) is 12.6 Å². The number of fused-ring (bicyclic) bond motifs is 1. The minimum atomic E-state index is -4.50. The summed E-state index contributed by atoms with van der Waals surface area (Å²) >= 11 is 0.902. The molecule has 1 atom stereocenters. The number of benzene rings is 4. The first-order valence-electron chi connectivity index (χ1n) is 20.0. The number of para-hydroxylation sites is 1. The summed E-state index contributed by atoms with van der Waals surface area (Å²) in [5, 5.41) is 11.2. The Hall–Kier alpha value is -4.23. The Morgan fingerprint density at radius 2 is 1.67 bits per heavy atom. The van der Waals surface area contributed by atoms with Gasteiger partial charge in [-0.05, 0) is 59.9 Å². The molecule has 1 unspecified atom stereocenters. The minimum Gasteiger partial charge on any atom is -0.384 e. The standard InChI is InChI=1S/C40H40F5N3O3S/c1-51-22-21-46-19-17-32(18-20-46)47(24-27-9-11-28(12-10-27)29-13-15-31(16-14-29)40(43,44)45)37(50)25-48-35-8-3-2-6-33(35)36(49)23-38(48)52-26-30-5-4-7-34(41)39(30)42/h2-16,23,32,36,49H,17-22,24-26H2,1H3/i1D3,21D2,25D2. The summed E-state index contributed by atoms with van der Waals surface area (Å²) in [7, 11) is -2.82. The summed E-state index contributed by atoms with van der Waals surface area (Å²) in [6, 6.07) is 20.7. The van der Waals surface area contributed by atoms with Gasteiger partial charge < -0.3 is 24.5 Å². The molecule has 2 aliphatic heterocycles. The van der Waals surface area contributed by atoms with Crippen LogP contribution in [0.1, 0.15) is 50.8 Å². The van der Waals surface area contributed by atoms with E-state index >= 15 is 0 Å². The van der Waals surface area contributed by atoms with E-state index in [1.54, 1.807) is 42.5 Å². The van der Waals surface area contributed by atoms with Gasteiger partial charge in [-0.3, -0.25) is 4.79 Å². The molecule has 1 amide bonds. The maximum Gasteiger partial charge on any atom is 0.416 e. The number of aliphatic hydroxyl groups is 1. The number of rotatable bonds is 12. The van der Waals surface area contributed by atoms with Gasteiger partial charge in [-0.15, -0.1) is 11.8 Å². The number of likely N-dealkylation sites (tertiary alicyclic amines) is 1. The third kappa shape index (κ3) is 8.86. The number of carbonyl (C=O) groups excluding carboxylic acids is 1. The molecule has 2 heterocycles. The third-order valence-corrected chi connectivity index (χ3v) is 10.1. The van der Waals surface area contributed by atoms with E-state index < -0.39 is 68.1 Å². The number of ether oxygens (including phenoxy) is 1. The minimum absolute atomic E-state index is 0.0201. The molecule has 4 aromatic carbocycles. The average Bonchev–Trinajstić information content (AvgIpc) is 3.19. The summed E-state index contributed by atoms with van der Waals surface area (Å²) < 4.78 is 131. The number of hydrogen-bond donors (Lipinski definition) is 1. The second kappa shape index (κ2) is 16.6. The van der Waals surface area contributed by atoms with Crippen LogP contribution in [0, 0.1) is 11.6 Å². The molecule has 1 fully saturated rings. The molecule has 0 spiro atoms. The molecular weight excluding hydrogens is 698 g/mol. The highest BCUT2D eigenvalue weighted by molar-refractivity contribution is 8.02. The van der Waals surface area contributed by atoms with Crippen molar-refractivity contribution in [2.45, 2.75) is 43.5 Å². The molecule has 52 heavy (non-hydrogen) atoms. The zero-order chi connectivity index (χ0) is 42.9. The summed E-state index contributed by atoms with van der Waals surface area (Å²) in [5.74, 6) is -3.32. The summed E-state index contributed by atoms with van der Waals surface area (Å²) in [5.41, 5.74) is 1.30. The zero-order valence-corrected chi connectivity index (χ0v) is 28.6. The average molecular weight is 745 g/mol. The molecule has 6 nitrogen and oxygen atoms in total. The van der Waals surface area contributed by atoms with Crippen LogP contribution in [0.5, 0.6) is 0 Å². The van der Waals surface area contributed by atoms with Crippen molar-refractivity contribution >= 4 is 23.4 Å². The highest BCUT2D eigenvalue weighted by atomic mass is 32.2. The van der Waals surface area contributed by atoms with Gasteiger partial charge >= 0.3 is 6.18 Å². The Morgan fingerprint density at radius 1 is 0.981 bits per heavy atom. The fourth-order valence-corrected chi connectivity index (χ4v) is 7.26. The Kier molecular flexibility index (Phi) is 9.35. The normalized spacial score (nSPS) is 19.6. The number of carbonyl (C=O) groups is 1. The molecule has 0 radical (unpaired) electrons. The van der Waals surface area contributed by atoms with Crippen molar-refractivity contribution in [1.82, 2.24) is 9.80 Å². The van der Waals surface area contributed by atoms with Crippen LogP contribution in [-0.2, 0) is 28.0 Å². The van der Waals surface area contributed by atoms with Gasteiger partial charge in [-0.25, -0.2) is 8.78 Å². The maximum absolute atomic E-state index is 14.9. The lowest BCUT2D eigenvalue weighted by molar-refractivity contribution is -0.137. The van der Waals surface area contributed by atoms with E-state index in [1.807, 2.05) is 0 Å². The molecule has 6 rings (SSSR count). The number of halogens is 5. The number of piperidine rings is 1. The summed E-state index contributed by atoms with van der Waals surface area (Å²) in [6.07, 6.45) is -4.07. The highest BCUT2D eigenvalue weighted by Crippen LogP contribution is 2.41. The van der Waals surface area contributed by atoms with Gasteiger partial charge in [0.15, 0.2) is 11.6 Å². The maximum atomic E-state index is 14.9. The molecular formula is C40H40F5N3O3S. The van der Waals surface area contributed by atoms with Crippen molar-refractivity contribution in [3.05, 3.63) is 136 Å². The molecule has 1 N–H and O–H groups in total. The van der Waals surface area contributed by atoms with Crippen LogP contribution in [-0.4, -0.2) is 66.6 Å². The fourth-order valence-electron chi connectivity index (χ4n) is 6.24. The monoisotopic (exact) mass is 744 g/mol. The second-order valence-corrected chi connectivity index (χ2v) is 13.3.